The van der Waals surface area contributed by atoms with Gasteiger partial charge in [0.15, 0.2) is 5.16 Å². The summed E-state index contributed by atoms with van der Waals surface area (Å²) in [5.74, 6) is 0.499. The van der Waals surface area contributed by atoms with E-state index in [4.69, 9.17) is 10.5 Å². The van der Waals surface area contributed by atoms with E-state index in [-0.39, 0.29) is 12.1 Å². The number of thiophene rings is 1. The number of thioether (sulfide) groups is 1. The standard InChI is InChI=1S/C17H15N5O3S2/c1-25-10-5-3-9(4-6-10)11-8-27-14-13(11)15(24)22-16(19-14)21(7-12(18)23)20-17(22)26-2/h3-6,8H,7H2,1-2H3,(H2,18,23). The molecule has 3 aromatic heterocycles. The molecule has 3 heterocycles. The second-order valence-electron chi connectivity index (χ2n) is 5.72. The Morgan fingerprint density at radius 3 is 2.70 bits per heavy atom. The highest BCUT2D eigenvalue weighted by atomic mass is 32.2. The summed E-state index contributed by atoms with van der Waals surface area (Å²) in [6.45, 7) is -0.140. The molecule has 0 bridgehead atoms. The van der Waals surface area contributed by atoms with Crippen molar-refractivity contribution in [1.29, 1.82) is 0 Å². The minimum atomic E-state index is -0.549. The second kappa shape index (κ2) is 6.71. The number of amides is 1. The predicted molar refractivity (Wildman–Crippen MR) is 106 cm³/mol. The number of fused-ring (bicyclic) bond motifs is 2. The van der Waals surface area contributed by atoms with Crippen molar-refractivity contribution in [2.45, 2.75) is 11.7 Å². The lowest BCUT2D eigenvalue weighted by Gasteiger charge is -2.03. The van der Waals surface area contributed by atoms with Crippen LogP contribution in [0.2, 0.25) is 0 Å². The molecule has 8 nitrogen and oxygen atoms in total. The quantitative estimate of drug-likeness (QED) is 0.513. The van der Waals surface area contributed by atoms with Gasteiger partial charge < -0.3 is 10.5 Å². The molecule has 0 saturated carbocycles. The Kier molecular flexibility index (Phi) is 4.36. The fourth-order valence-electron chi connectivity index (χ4n) is 2.89. The van der Waals surface area contributed by atoms with Gasteiger partial charge in [-0.3, -0.25) is 9.59 Å². The summed E-state index contributed by atoms with van der Waals surface area (Å²) in [6, 6.07) is 7.50. The van der Waals surface area contributed by atoms with Gasteiger partial charge in [0.25, 0.3) is 5.56 Å². The number of carbonyl (C=O) groups excluding carboxylic acids is 1. The lowest BCUT2D eigenvalue weighted by Crippen LogP contribution is -2.21. The Bertz CT molecular complexity index is 1220. The fourth-order valence-corrected chi connectivity index (χ4v) is 4.35. The van der Waals surface area contributed by atoms with Gasteiger partial charge in [0.2, 0.25) is 11.7 Å². The van der Waals surface area contributed by atoms with E-state index in [0.29, 0.717) is 21.2 Å². The van der Waals surface area contributed by atoms with Crippen LogP contribution in [0.25, 0.3) is 27.1 Å². The summed E-state index contributed by atoms with van der Waals surface area (Å²) < 4.78 is 7.98. The molecule has 4 aromatic rings. The number of ether oxygens (including phenoxy) is 1. The highest BCUT2D eigenvalue weighted by Crippen LogP contribution is 2.32. The highest BCUT2D eigenvalue weighted by Gasteiger charge is 2.20. The van der Waals surface area contributed by atoms with Gasteiger partial charge in [0, 0.05) is 10.9 Å². The number of nitrogens with two attached hydrogens (primary N) is 1. The molecule has 1 aromatic carbocycles. The number of hydrogen-bond acceptors (Lipinski definition) is 7. The van der Waals surface area contributed by atoms with Crippen LogP contribution in [0.3, 0.4) is 0 Å². The van der Waals surface area contributed by atoms with E-state index >= 15 is 0 Å². The topological polar surface area (TPSA) is 105 Å². The van der Waals surface area contributed by atoms with Crippen LogP contribution in [-0.4, -0.2) is 38.4 Å². The van der Waals surface area contributed by atoms with Gasteiger partial charge in [0.05, 0.1) is 12.5 Å². The van der Waals surface area contributed by atoms with Crippen molar-refractivity contribution in [2.75, 3.05) is 13.4 Å². The van der Waals surface area contributed by atoms with E-state index in [1.165, 1.54) is 32.2 Å². The van der Waals surface area contributed by atoms with Gasteiger partial charge in [-0.05, 0) is 24.0 Å². The first-order chi connectivity index (χ1) is 13.0. The lowest BCUT2D eigenvalue weighted by atomic mass is 10.1. The summed E-state index contributed by atoms with van der Waals surface area (Å²) >= 11 is 2.68. The van der Waals surface area contributed by atoms with Gasteiger partial charge in [0.1, 0.15) is 17.1 Å². The monoisotopic (exact) mass is 401 g/mol. The van der Waals surface area contributed by atoms with E-state index in [1.807, 2.05) is 35.9 Å². The van der Waals surface area contributed by atoms with Gasteiger partial charge in [-0.25, -0.2) is 14.1 Å². The van der Waals surface area contributed by atoms with Crippen LogP contribution in [0.1, 0.15) is 0 Å². The SMILES string of the molecule is COc1ccc(-c2csc3nc4n(CC(N)=O)nc(SC)n4c(=O)c23)cc1. The van der Waals surface area contributed by atoms with Gasteiger partial charge >= 0.3 is 0 Å². The number of carbonyl (C=O) groups is 1. The molecule has 27 heavy (non-hydrogen) atoms. The maximum absolute atomic E-state index is 13.3. The Morgan fingerprint density at radius 2 is 2.07 bits per heavy atom. The number of methoxy groups -OCH3 is 1. The van der Waals surface area contributed by atoms with E-state index in [1.54, 1.807) is 7.11 Å². The third-order valence-electron chi connectivity index (χ3n) is 4.11. The van der Waals surface area contributed by atoms with Crippen molar-refractivity contribution in [2.24, 2.45) is 5.73 Å². The molecule has 4 rings (SSSR count). The molecule has 0 aliphatic rings. The first-order valence-corrected chi connectivity index (χ1v) is 10.0. The highest BCUT2D eigenvalue weighted by molar-refractivity contribution is 7.98. The van der Waals surface area contributed by atoms with Crippen LogP contribution in [0.15, 0.2) is 39.6 Å². The minimum Gasteiger partial charge on any atom is -0.497 e. The van der Waals surface area contributed by atoms with Crippen LogP contribution in [0, 0.1) is 0 Å². The van der Waals surface area contributed by atoms with E-state index in [2.05, 4.69) is 10.1 Å². The number of hydrogen-bond donors (Lipinski definition) is 1. The third kappa shape index (κ3) is 2.86. The Hall–Kier alpha value is -2.85. The van der Waals surface area contributed by atoms with Crippen molar-refractivity contribution >= 4 is 45.0 Å². The number of rotatable bonds is 5. The molecule has 0 aliphatic heterocycles. The maximum atomic E-state index is 13.3. The van der Waals surface area contributed by atoms with E-state index in [9.17, 15) is 9.59 Å². The molecule has 0 saturated heterocycles. The van der Waals surface area contributed by atoms with Crippen molar-refractivity contribution in [1.82, 2.24) is 19.2 Å². The van der Waals surface area contributed by atoms with Crippen LogP contribution < -0.4 is 16.0 Å². The van der Waals surface area contributed by atoms with Crippen LogP contribution >= 0.6 is 23.1 Å². The maximum Gasteiger partial charge on any atom is 0.270 e. The van der Waals surface area contributed by atoms with Crippen molar-refractivity contribution in [3.8, 4) is 16.9 Å². The number of aromatic nitrogens is 4. The molecule has 0 unspecified atom stereocenters. The zero-order valence-corrected chi connectivity index (χ0v) is 16.1. The summed E-state index contributed by atoms with van der Waals surface area (Å²) in [5, 5.41) is 7.19. The molecule has 0 spiro atoms. The van der Waals surface area contributed by atoms with E-state index < -0.39 is 5.91 Å². The molecule has 138 valence electrons. The van der Waals surface area contributed by atoms with Gasteiger partial charge in [-0.1, -0.05) is 23.9 Å². The Morgan fingerprint density at radius 1 is 1.33 bits per heavy atom. The third-order valence-corrected chi connectivity index (χ3v) is 5.61. The van der Waals surface area contributed by atoms with Crippen LogP contribution in [0.4, 0.5) is 0 Å². The van der Waals surface area contributed by atoms with Crippen LogP contribution in [-0.2, 0) is 11.3 Å². The van der Waals surface area contributed by atoms with Gasteiger partial charge in [-0.2, -0.15) is 0 Å². The number of primary amides is 1. The molecule has 10 heteroatoms. The number of nitrogens with zero attached hydrogens (tertiary/aromatic N) is 4. The lowest BCUT2D eigenvalue weighted by molar-refractivity contribution is -0.118. The molecule has 0 aliphatic carbocycles. The molecule has 1 amide bonds. The first-order valence-electron chi connectivity index (χ1n) is 7.91. The average Bonchev–Trinajstić information content (AvgIpc) is 3.24. The molecular weight excluding hydrogens is 386 g/mol. The molecule has 0 atom stereocenters. The zero-order chi connectivity index (χ0) is 19.1. The van der Waals surface area contributed by atoms with Gasteiger partial charge in [-0.15, -0.1) is 16.4 Å². The minimum absolute atomic E-state index is 0.140. The zero-order valence-electron chi connectivity index (χ0n) is 14.5. The molecule has 2 N–H and O–H groups in total. The molecule has 0 radical (unpaired) electrons. The first kappa shape index (κ1) is 17.6. The smallest absolute Gasteiger partial charge is 0.270 e. The summed E-state index contributed by atoms with van der Waals surface area (Å²) in [5.41, 5.74) is 6.78. The van der Waals surface area contributed by atoms with Crippen molar-refractivity contribution < 1.29 is 9.53 Å². The summed E-state index contributed by atoms with van der Waals surface area (Å²) in [6.07, 6.45) is 1.81. The molecule has 0 fully saturated rings. The van der Waals surface area contributed by atoms with Crippen molar-refractivity contribution in [3.63, 3.8) is 0 Å². The second-order valence-corrected chi connectivity index (χ2v) is 7.35. The Balaban J connectivity index is 2.00. The van der Waals surface area contributed by atoms with Crippen molar-refractivity contribution in [3.05, 3.63) is 40.0 Å². The van der Waals surface area contributed by atoms with E-state index in [0.717, 1.165) is 16.9 Å². The van der Waals surface area contributed by atoms with Crippen LogP contribution in [0.5, 0.6) is 5.75 Å². The predicted octanol–water partition coefficient (Wildman–Crippen LogP) is 1.99. The fraction of sp³-hybridized carbons (Fsp3) is 0.176. The normalized spacial score (nSPS) is 11.3. The average molecular weight is 401 g/mol. The number of benzene rings is 1. The Labute approximate surface area is 161 Å². The summed E-state index contributed by atoms with van der Waals surface area (Å²) in [4.78, 5) is 29.8. The largest absolute Gasteiger partial charge is 0.497 e. The summed E-state index contributed by atoms with van der Waals surface area (Å²) in [7, 11) is 1.61. The molecular formula is C17H15N5O3S2.